The lowest BCUT2D eigenvalue weighted by molar-refractivity contribution is -0.0222. The summed E-state index contributed by atoms with van der Waals surface area (Å²) in [6.07, 6.45) is 0.273. The van der Waals surface area contributed by atoms with Crippen molar-refractivity contribution in [3.63, 3.8) is 0 Å². The molecule has 0 saturated carbocycles. The molecule has 1 aromatic heterocycles. The highest BCUT2D eigenvalue weighted by molar-refractivity contribution is 5.30. The molecule has 0 amide bonds. The largest absolute Gasteiger partial charge is 0.376 e. The van der Waals surface area contributed by atoms with Gasteiger partial charge in [0.2, 0.25) is 0 Å². The SMILES string of the molecule is CC1CN(Cc2nnnn2-c2ccccc2)CCO1. The summed E-state index contributed by atoms with van der Waals surface area (Å²) in [7, 11) is 0. The number of benzene rings is 1. The number of nitrogens with zero attached hydrogens (tertiary/aromatic N) is 5. The lowest BCUT2D eigenvalue weighted by atomic mass is 10.3. The Bertz CT molecular complexity index is 527. The molecule has 1 aliphatic rings. The molecule has 1 unspecified atom stereocenters. The molecule has 19 heavy (non-hydrogen) atoms. The van der Waals surface area contributed by atoms with Crippen LogP contribution in [0, 0.1) is 0 Å². The molecule has 3 rings (SSSR count). The van der Waals surface area contributed by atoms with E-state index in [-0.39, 0.29) is 6.10 Å². The Balaban J connectivity index is 1.77. The quantitative estimate of drug-likeness (QED) is 0.819. The van der Waals surface area contributed by atoms with Gasteiger partial charge in [0.05, 0.1) is 24.9 Å². The zero-order valence-corrected chi connectivity index (χ0v) is 10.9. The van der Waals surface area contributed by atoms with Gasteiger partial charge in [0.25, 0.3) is 0 Å². The van der Waals surface area contributed by atoms with E-state index in [0.717, 1.165) is 37.8 Å². The molecule has 1 fully saturated rings. The van der Waals surface area contributed by atoms with Gasteiger partial charge in [0.1, 0.15) is 0 Å². The molecule has 0 aliphatic carbocycles. The summed E-state index contributed by atoms with van der Waals surface area (Å²) in [4.78, 5) is 2.32. The van der Waals surface area contributed by atoms with Gasteiger partial charge in [-0.1, -0.05) is 18.2 Å². The minimum Gasteiger partial charge on any atom is -0.376 e. The molecule has 2 aromatic rings. The van der Waals surface area contributed by atoms with Crippen molar-refractivity contribution in [1.82, 2.24) is 25.1 Å². The predicted molar refractivity (Wildman–Crippen MR) is 69.8 cm³/mol. The van der Waals surface area contributed by atoms with Gasteiger partial charge in [-0.3, -0.25) is 4.90 Å². The highest BCUT2D eigenvalue weighted by atomic mass is 16.5. The molecule has 0 spiro atoms. The van der Waals surface area contributed by atoms with Crippen molar-refractivity contribution in [3.05, 3.63) is 36.2 Å². The highest BCUT2D eigenvalue weighted by Crippen LogP contribution is 2.11. The van der Waals surface area contributed by atoms with Crippen LogP contribution in [0.15, 0.2) is 30.3 Å². The predicted octanol–water partition coefficient (Wildman–Crippen LogP) is 0.883. The van der Waals surface area contributed by atoms with E-state index in [9.17, 15) is 0 Å². The second-order valence-electron chi connectivity index (χ2n) is 4.76. The van der Waals surface area contributed by atoms with E-state index < -0.39 is 0 Å². The van der Waals surface area contributed by atoms with E-state index in [0.29, 0.717) is 0 Å². The van der Waals surface area contributed by atoms with Crippen LogP contribution in [0.1, 0.15) is 12.7 Å². The fourth-order valence-electron chi connectivity index (χ4n) is 2.31. The second-order valence-corrected chi connectivity index (χ2v) is 4.76. The van der Waals surface area contributed by atoms with Crippen LogP contribution >= 0.6 is 0 Å². The van der Waals surface area contributed by atoms with Crippen LogP contribution in [0.4, 0.5) is 0 Å². The van der Waals surface area contributed by atoms with Crippen LogP contribution in [0.2, 0.25) is 0 Å². The summed E-state index contributed by atoms with van der Waals surface area (Å²) < 4.78 is 7.33. The molecule has 0 bridgehead atoms. The molecule has 100 valence electrons. The van der Waals surface area contributed by atoms with Crippen LogP contribution in [-0.2, 0) is 11.3 Å². The first-order chi connectivity index (χ1) is 9.33. The van der Waals surface area contributed by atoms with E-state index in [1.807, 2.05) is 30.3 Å². The van der Waals surface area contributed by atoms with Crippen molar-refractivity contribution in [2.24, 2.45) is 0 Å². The zero-order chi connectivity index (χ0) is 13.1. The Kier molecular flexibility index (Phi) is 3.52. The Labute approximate surface area is 112 Å². The monoisotopic (exact) mass is 259 g/mol. The molecule has 6 nitrogen and oxygen atoms in total. The number of hydrogen-bond donors (Lipinski definition) is 0. The van der Waals surface area contributed by atoms with Crippen LogP contribution in [0.25, 0.3) is 5.69 Å². The van der Waals surface area contributed by atoms with E-state index in [2.05, 4.69) is 27.3 Å². The Morgan fingerprint density at radius 2 is 2.16 bits per heavy atom. The standard InChI is InChI=1S/C13H17N5O/c1-11-9-17(7-8-19-11)10-13-14-15-16-18(13)12-5-3-2-4-6-12/h2-6,11H,7-10H2,1H3. The third kappa shape index (κ3) is 2.80. The van der Waals surface area contributed by atoms with Gasteiger partial charge >= 0.3 is 0 Å². The highest BCUT2D eigenvalue weighted by Gasteiger charge is 2.19. The third-order valence-corrected chi connectivity index (χ3v) is 3.23. The molecule has 2 heterocycles. The lowest BCUT2D eigenvalue weighted by Gasteiger charge is -2.30. The number of ether oxygens (including phenoxy) is 1. The molecule has 6 heteroatoms. The van der Waals surface area contributed by atoms with Gasteiger partial charge in [-0.2, -0.15) is 4.68 Å². The summed E-state index contributed by atoms with van der Waals surface area (Å²) in [6.45, 7) is 5.45. The fourth-order valence-corrected chi connectivity index (χ4v) is 2.31. The molecule has 1 aromatic carbocycles. The van der Waals surface area contributed by atoms with Gasteiger partial charge < -0.3 is 4.74 Å². The topological polar surface area (TPSA) is 56.1 Å². The second kappa shape index (κ2) is 5.46. The molecule has 0 N–H and O–H groups in total. The van der Waals surface area contributed by atoms with E-state index in [4.69, 9.17) is 4.74 Å². The normalized spacial score (nSPS) is 20.6. The maximum Gasteiger partial charge on any atom is 0.170 e. The van der Waals surface area contributed by atoms with Crippen molar-refractivity contribution >= 4 is 0 Å². The summed E-state index contributed by atoms with van der Waals surface area (Å²) >= 11 is 0. The van der Waals surface area contributed by atoms with Gasteiger partial charge in [0.15, 0.2) is 5.82 Å². The number of rotatable bonds is 3. The zero-order valence-electron chi connectivity index (χ0n) is 10.9. The first-order valence-corrected chi connectivity index (χ1v) is 6.49. The van der Waals surface area contributed by atoms with Crippen molar-refractivity contribution in [3.8, 4) is 5.69 Å². The van der Waals surface area contributed by atoms with Crippen LogP contribution in [0.3, 0.4) is 0 Å². The molecule has 1 aliphatic heterocycles. The minimum atomic E-state index is 0.273. The Morgan fingerprint density at radius 1 is 1.32 bits per heavy atom. The minimum absolute atomic E-state index is 0.273. The number of hydrogen-bond acceptors (Lipinski definition) is 5. The number of morpholine rings is 1. The molecule has 1 atom stereocenters. The Hall–Kier alpha value is -1.79. The average Bonchev–Trinajstić information content (AvgIpc) is 2.88. The Morgan fingerprint density at radius 3 is 2.95 bits per heavy atom. The van der Waals surface area contributed by atoms with Gasteiger partial charge in [-0.15, -0.1) is 5.10 Å². The van der Waals surface area contributed by atoms with Gasteiger partial charge in [-0.05, 0) is 29.5 Å². The van der Waals surface area contributed by atoms with Crippen LogP contribution in [0.5, 0.6) is 0 Å². The summed E-state index contributed by atoms with van der Waals surface area (Å²) in [5, 5.41) is 12.0. The van der Waals surface area contributed by atoms with E-state index >= 15 is 0 Å². The lowest BCUT2D eigenvalue weighted by Crippen LogP contribution is -2.41. The number of aromatic nitrogens is 4. The van der Waals surface area contributed by atoms with Crippen molar-refractivity contribution in [2.45, 2.75) is 19.6 Å². The maximum absolute atomic E-state index is 5.54. The molecular formula is C13H17N5O. The fraction of sp³-hybridized carbons (Fsp3) is 0.462. The molecule has 1 saturated heterocycles. The van der Waals surface area contributed by atoms with Crippen LogP contribution in [-0.4, -0.2) is 50.9 Å². The summed E-state index contributed by atoms with van der Waals surface area (Å²) in [5.74, 6) is 0.861. The first-order valence-electron chi connectivity index (χ1n) is 6.49. The number of para-hydroxylation sites is 1. The van der Waals surface area contributed by atoms with Gasteiger partial charge in [0, 0.05) is 13.1 Å². The van der Waals surface area contributed by atoms with Crippen molar-refractivity contribution < 1.29 is 4.74 Å². The van der Waals surface area contributed by atoms with E-state index in [1.165, 1.54) is 0 Å². The van der Waals surface area contributed by atoms with Crippen molar-refractivity contribution in [2.75, 3.05) is 19.7 Å². The van der Waals surface area contributed by atoms with Crippen LogP contribution < -0.4 is 0 Å². The first kappa shape index (κ1) is 12.3. The summed E-state index contributed by atoms with van der Waals surface area (Å²) in [5.41, 5.74) is 0.990. The smallest absolute Gasteiger partial charge is 0.170 e. The third-order valence-electron chi connectivity index (χ3n) is 3.23. The van der Waals surface area contributed by atoms with Gasteiger partial charge in [-0.25, -0.2) is 0 Å². The summed E-state index contributed by atoms with van der Waals surface area (Å²) in [6, 6.07) is 9.95. The maximum atomic E-state index is 5.54. The van der Waals surface area contributed by atoms with E-state index in [1.54, 1.807) is 4.68 Å². The molecule has 0 radical (unpaired) electrons. The number of tetrazole rings is 1. The van der Waals surface area contributed by atoms with Crippen molar-refractivity contribution in [1.29, 1.82) is 0 Å². The molecular weight excluding hydrogens is 242 g/mol. The average molecular weight is 259 g/mol.